The maximum absolute atomic E-state index is 8.81. The van der Waals surface area contributed by atoms with Gasteiger partial charge >= 0.3 is 0 Å². The number of aromatic nitrogens is 2. The van der Waals surface area contributed by atoms with Crippen molar-refractivity contribution in [3.05, 3.63) is 70.3 Å². The molecule has 2 N–H and O–H groups in total. The highest BCUT2D eigenvalue weighted by Gasteiger charge is 2.05. The van der Waals surface area contributed by atoms with Crippen LogP contribution in [-0.2, 0) is 0 Å². The van der Waals surface area contributed by atoms with E-state index in [1.807, 2.05) is 0 Å². The van der Waals surface area contributed by atoms with Crippen LogP contribution in [0.15, 0.2) is 54.7 Å². The maximum Gasteiger partial charge on any atom is 0.229 e. The van der Waals surface area contributed by atoms with E-state index >= 15 is 0 Å². The summed E-state index contributed by atoms with van der Waals surface area (Å²) in [4.78, 5) is 8.55. The molecule has 118 valence electrons. The van der Waals surface area contributed by atoms with Gasteiger partial charge in [-0.25, -0.2) is 4.98 Å². The highest BCUT2D eigenvalue weighted by Crippen LogP contribution is 2.28. The van der Waals surface area contributed by atoms with Gasteiger partial charge in [0.1, 0.15) is 5.82 Å². The second kappa shape index (κ2) is 7.18. The first kappa shape index (κ1) is 16.1. The van der Waals surface area contributed by atoms with Gasteiger partial charge in [-0.2, -0.15) is 10.2 Å². The predicted molar refractivity (Wildman–Crippen MR) is 96.2 cm³/mol. The third-order valence-electron chi connectivity index (χ3n) is 3.12. The minimum atomic E-state index is 0.419. The highest BCUT2D eigenvalue weighted by atomic mass is 35.5. The third kappa shape index (κ3) is 3.93. The number of anilines is 4. The number of nitrogens with one attached hydrogen (secondary N) is 2. The Kier molecular flexibility index (Phi) is 4.80. The summed E-state index contributed by atoms with van der Waals surface area (Å²) in [6.45, 7) is 0. The average Bonchev–Trinajstić information content (AvgIpc) is 2.59. The summed E-state index contributed by atoms with van der Waals surface area (Å²) in [7, 11) is 0. The van der Waals surface area contributed by atoms with Crippen molar-refractivity contribution in [3.63, 3.8) is 0 Å². The van der Waals surface area contributed by atoms with Crippen LogP contribution in [0, 0.1) is 11.3 Å². The summed E-state index contributed by atoms with van der Waals surface area (Å²) in [5, 5.41) is 16.1. The van der Waals surface area contributed by atoms with Crippen molar-refractivity contribution in [1.29, 1.82) is 5.26 Å². The van der Waals surface area contributed by atoms with Gasteiger partial charge < -0.3 is 10.6 Å². The van der Waals surface area contributed by atoms with E-state index in [2.05, 4.69) is 26.7 Å². The van der Waals surface area contributed by atoms with Crippen molar-refractivity contribution in [1.82, 2.24) is 9.97 Å². The van der Waals surface area contributed by atoms with E-state index in [9.17, 15) is 0 Å². The van der Waals surface area contributed by atoms with Crippen molar-refractivity contribution in [2.75, 3.05) is 10.6 Å². The number of rotatable bonds is 4. The molecule has 1 heterocycles. The second-order valence-corrected chi connectivity index (χ2v) is 5.67. The Balaban J connectivity index is 1.78. The minimum absolute atomic E-state index is 0.419. The lowest BCUT2D eigenvalue weighted by Gasteiger charge is -2.10. The maximum atomic E-state index is 8.81. The summed E-state index contributed by atoms with van der Waals surface area (Å²) >= 11 is 12.1. The molecule has 0 saturated heterocycles. The molecule has 0 bridgehead atoms. The molecule has 3 aromatic rings. The van der Waals surface area contributed by atoms with E-state index in [1.165, 1.54) is 0 Å². The van der Waals surface area contributed by atoms with Gasteiger partial charge in [-0.1, -0.05) is 23.2 Å². The van der Waals surface area contributed by atoms with E-state index in [1.54, 1.807) is 54.7 Å². The van der Waals surface area contributed by atoms with Gasteiger partial charge in [-0.3, -0.25) is 0 Å². The number of nitrogens with zero attached hydrogens (tertiary/aromatic N) is 3. The average molecular weight is 356 g/mol. The first-order chi connectivity index (χ1) is 11.6. The van der Waals surface area contributed by atoms with E-state index in [4.69, 9.17) is 28.5 Å². The number of hydrogen-bond donors (Lipinski definition) is 2. The number of nitriles is 1. The Hall–Kier alpha value is -2.81. The van der Waals surface area contributed by atoms with E-state index in [-0.39, 0.29) is 0 Å². The fraction of sp³-hybridized carbons (Fsp3) is 0. The Morgan fingerprint density at radius 2 is 1.75 bits per heavy atom. The minimum Gasteiger partial charge on any atom is -0.339 e. The molecule has 0 spiro atoms. The molecule has 7 heteroatoms. The van der Waals surface area contributed by atoms with E-state index in [0.717, 1.165) is 5.69 Å². The molecule has 24 heavy (non-hydrogen) atoms. The summed E-state index contributed by atoms with van der Waals surface area (Å²) in [6.07, 6.45) is 1.62. The summed E-state index contributed by atoms with van der Waals surface area (Å²) in [5.41, 5.74) is 2.03. The van der Waals surface area contributed by atoms with Crippen LogP contribution in [0.25, 0.3) is 0 Å². The Bertz CT molecular complexity index is 904. The molecule has 0 radical (unpaired) electrons. The zero-order chi connectivity index (χ0) is 16.9. The molecular weight excluding hydrogens is 345 g/mol. The van der Waals surface area contributed by atoms with Crippen LogP contribution in [-0.4, -0.2) is 9.97 Å². The topological polar surface area (TPSA) is 73.6 Å². The predicted octanol–water partition coefficient (Wildman–Crippen LogP) is 5.14. The normalized spacial score (nSPS) is 10.0. The fourth-order valence-corrected chi connectivity index (χ4v) is 2.31. The summed E-state index contributed by atoms with van der Waals surface area (Å²) in [5.74, 6) is 0.994. The van der Waals surface area contributed by atoms with Gasteiger partial charge in [-0.15, -0.1) is 0 Å². The SMILES string of the molecule is N#Cc1ccc(Nc2nccc(Nc3cc(Cl)ccc3Cl)n2)cc1. The molecule has 2 aromatic carbocycles. The molecule has 3 rings (SSSR count). The fourth-order valence-electron chi connectivity index (χ4n) is 1.98. The zero-order valence-electron chi connectivity index (χ0n) is 12.3. The van der Waals surface area contributed by atoms with Gasteiger partial charge in [0.15, 0.2) is 0 Å². The van der Waals surface area contributed by atoms with Crippen LogP contribution >= 0.6 is 23.2 Å². The Morgan fingerprint density at radius 1 is 0.958 bits per heavy atom. The monoisotopic (exact) mass is 355 g/mol. The number of halogens is 2. The van der Waals surface area contributed by atoms with Crippen LogP contribution in [0.5, 0.6) is 0 Å². The van der Waals surface area contributed by atoms with Gasteiger partial charge in [-0.05, 0) is 48.5 Å². The molecule has 0 atom stereocenters. The van der Waals surface area contributed by atoms with Crippen molar-refractivity contribution >= 4 is 46.3 Å². The quantitative estimate of drug-likeness (QED) is 0.677. The van der Waals surface area contributed by atoms with E-state index < -0.39 is 0 Å². The van der Waals surface area contributed by atoms with Crippen molar-refractivity contribution in [2.45, 2.75) is 0 Å². The molecule has 0 aliphatic heterocycles. The Morgan fingerprint density at radius 3 is 2.50 bits per heavy atom. The highest BCUT2D eigenvalue weighted by molar-refractivity contribution is 6.35. The third-order valence-corrected chi connectivity index (χ3v) is 3.68. The lowest BCUT2D eigenvalue weighted by atomic mass is 10.2. The van der Waals surface area contributed by atoms with Crippen LogP contribution in [0.3, 0.4) is 0 Å². The van der Waals surface area contributed by atoms with Crippen LogP contribution < -0.4 is 10.6 Å². The second-order valence-electron chi connectivity index (χ2n) is 4.83. The van der Waals surface area contributed by atoms with Gasteiger partial charge in [0, 0.05) is 16.9 Å². The molecule has 1 aromatic heterocycles. The molecular formula is C17H11Cl2N5. The largest absolute Gasteiger partial charge is 0.339 e. The molecule has 0 amide bonds. The van der Waals surface area contributed by atoms with Crippen molar-refractivity contribution < 1.29 is 0 Å². The molecule has 5 nitrogen and oxygen atoms in total. The standard InChI is InChI=1S/C17H11Cl2N5/c18-12-3-6-14(19)15(9-12)23-16-7-8-21-17(24-16)22-13-4-1-11(10-20)2-5-13/h1-9H,(H2,21,22,23,24). The van der Waals surface area contributed by atoms with Gasteiger partial charge in [0.2, 0.25) is 5.95 Å². The number of hydrogen-bond acceptors (Lipinski definition) is 5. The van der Waals surface area contributed by atoms with E-state index in [0.29, 0.717) is 33.1 Å². The molecule has 0 saturated carbocycles. The van der Waals surface area contributed by atoms with Crippen molar-refractivity contribution in [3.8, 4) is 6.07 Å². The van der Waals surface area contributed by atoms with Crippen molar-refractivity contribution in [2.24, 2.45) is 0 Å². The smallest absolute Gasteiger partial charge is 0.229 e. The Labute approximate surface area is 148 Å². The first-order valence-corrected chi connectivity index (χ1v) is 7.72. The lowest BCUT2D eigenvalue weighted by Crippen LogP contribution is -2.00. The van der Waals surface area contributed by atoms with Crippen LogP contribution in [0.4, 0.5) is 23.1 Å². The molecule has 0 fully saturated rings. The van der Waals surface area contributed by atoms with Crippen LogP contribution in [0.1, 0.15) is 5.56 Å². The summed E-state index contributed by atoms with van der Waals surface area (Å²) in [6, 6.07) is 16.0. The summed E-state index contributed by atoms with van der Waals surface area (Å²) < 4.78 is 0. The lowest BCUT2D eigenvalue weighted by molar-refractivity contribution is 1.17. The molecule has 0 aliphatic carbocycles. The number of benzene rings is 2. The molecule has 0 aliphatic rings. The van der Waals surface area contributed by atoms with Crippen LogP contribution in [0.2, 0.25) is 10.0 Å². The molecule has 0 unspecified atom stereocenters. The first-order valence-electron chi connectivity index (χ1n) is 6.96. The van der Waals surface area contributed by atoms with Gasteiger partial charge in [0.05, 0.1) is 22.3 Å². The zero-order valence-corrected chi connectivity index (χ0v) is 13.8. The van der Waals surface area contributed by atoms with Gasteiger partial charge in [0.25, 0.3) is 0 Å².